The van der Waals surface area contributed by atoms with Gasteiger partial charge in [-0.25, -0.2) is 5.43 Å². The van der Waals surface area contributed by atoms with Crippen LogP contribution in [0.25, 0.3) is 6.08 Å². The van der Waals surface area contributed by atoms with Gasteiger partial charge in [-0.05, 0) is 35.2 Å². The molecule has 1 aromatic carbocycles. The van der Waals surface area contributed by atoms with Crippen molar-refractivity contribution in [3.05, 3.63) is 58.3 Å². The second-order valence-electron chi connectivity index (χ2n) is 4.63. The quantitative estimate of drug-likeness (QED) is 0.459. The molecule has 0 radical (unpaired) electrons. The molecule has 24 heavy (non-hydrogen) atoms. The van der Waals surface area contributed by atoms with Crippen LogP contribution in [-0.2, 0) is 9.59 Å². The summed E-state index contributed by atoms with van der Waals surface area (Å²) < 4.78 is 5.06. The number of ether oxygens (including phenoxy) is 1. The monoisotopic (exact) mass is 343 g/mol. The number of thiophene rings is 1. The highest BCUT2D eigenvalue weighted by molar-refractivity contribution is 7.11. The van der Waals surface area contributed by atoms with Gasteiger partial charge in [0, 0.05) is 11.0 Å². The zero-order chi connectivity index (χ0) is 17.2. The third-order valence-corrected chi connectivity index (χ3v) is 3.70. The largest absolute Gasteiger partial charge is 0.497 e. The smallest absolute Gasteiger partial charge is 0.259 e. The Balaban J connectivity index is 1.71. The second-order valence-corrected chi connectivity index (χ2v) is 5.61. The van der Waals surface area contributed by atoms with Crippen LogP contribution in [0.1, 0.15) is 10.4 Å². The minimum Gasteiger partial charge on any atom is -0.497 e. The number of amides is 2. The number of carbonyl (C=O) groups is 2. The number of rotatable bonds is 7. The Bertz CT molecular complexity index is 722. The van der Waals surface area contributed by atoms with Crippen molar-refractivity contribution in [1.29, 1.82) is 0 Å². The summed E-state index contributed by atoms with van der Waals surface area (Å²) in [6, 6.07) is 11.0. The summed E-state index contributed by atoms with van der Waals surface area (Å²) in [6.07, 6.45) is 4.57. The minimum absolute atomic E-state index is 0.145. The molecule has 0 aliphatic carbocycles. The van der Waals surface area contributed by atoms with Gasteiger partial charge >= 0.3 is 0 Å². The Morgan fingerprint density at radius 2 is 2.04 bits per heavy atom. The van der Waals surface area contributed by atoms with Gasteiger partial charge in [-0.1, -0.05) is 18.2 Å². The number of hydrogen-bond acceptors (Lipinski definition) is 5. The maximum Gasteiger partial charge on any atom is 0.259 e. The first-order chi connectivity index (χ1) is 11.7. The topological polar surface area (TPSA) is 79.8 Å². The number of hydrogen-bond donors (Lipinski definition) is 2. The van der Waals surface area contributed by atoms with Crippen molar-refractivity contribution >= 4 is 35.4 Å². The van der Waals surface area contributed by atoms with Crippen LogP contribution >= 0.6 is 11.3 Å². The van der Waals surface area contributed by atoms with Gasteiger partial charge in [0.1, 0.15) is 5.75 Å². The third-order valence-electron chi connectivity index (χ3n) is 2.89. The van der Waals surface area contributed by atoms with Crippen LogP contribution in [0.15, 0.2) is 53.0 Å². The van der Waals surface area contributed by atoms with Crippen molar-refractivity contribution in [2.45, 2.75) is 0 Å². The van der Waals surface area contributed by atoms with Gasteiger partial charge in [0.25, 0.3) is 5.91 Å². The third kappa shape index (κ3) is 6.05. The van der Waals surface area contributed by atoms with Crippen molar-refractivity contribution in [2.75, 3.05) is 13.7 Å². The average molecular weight is 343 g/mol. The molecule has 0 fully saturated rings. The number of carbonyl (C=O) groups excluding carboxylic acids is 2. The van der Waals surface area contributed by atoms with Gasteiger partial charge in [-0.3, -0.25) is 9.59 Å². The average Bonchev–Trinajstić information content (AvgIpc) is 3.12. The number of benzene rings is 1. The van der Waals surface area contributed by atoms with Crippen molar-refractivity contribution in [3.8, 4) is 5.75 Å². The summed E-state index contributed by atoms with van der Waals surface area (Å²) in [5.74, 6) is -0.00594. The van der Waals surface area contributed by atoms with Gasteiger partial charge in [0.2, 0.25) is 5.91 Å². The van der Waals surface area contributed by atoms with Crippen LogP contribution in [0.5, 0.6) is 5.75 Å². The number of hydrazone groups is 1. The standard InChI is InChI=1S/C17H17N3O3S/c1-23-14-7-4-13(5-8-14)6-9-16(21)18-12-17(22)20-19-11-15-3-2-10-24-15/h2-11H,12H2,1H3,(H,18,21)(H,20,22)/b9-6+,19-11?. The Kier molecular flexibility index (Phi) is 6.73. The Morgan fingerprint density at radius 3 is 2.71 bits per heavy atom. The van der Waals surface area contributed by atoms with E-state index in [2.05, 4.69) is 15.8 Å². The molecule has 0 saturated heterocycles. The molecular weight excluding hydrogens is 326 g/mol. The summed E-state index contributed by atoms with van der Waals surface area (Å²) in [5.41, 5.74) is 3.20. The van der Waals surface area contributed by atoms with Crippen LogP contribution in [-0.4, -0.2) is 31.7 Å². The predicted molar refractivity (Wildman–Crippen MR) is 95.1 cm³/mol. The maximum absolute atomic E-state index is 11.7. The van der Waals surface area contributed by atoms with E-state index in [4.69, 9.17) is 4.74 Å². The summed E-state index contributed by atoms with van der Waals surface area (Å²) >= 11 is 1.51. The van der Waals surface area contributed by atoms with Crippen molar-refractivity contribution < 1.29 is 14.3 Å². The van der Waals surface area contributed by atoms with Gasteiger partial charge < -0.3 is 10.1 Å². The molecule has 0 bridgehead atoms. The van der Waals surface area contributed by atoms with Crippen LogP contribution in [0.2, 0.25) is 0 Å². The summed E-state index contributed by atoms with van der Waals surface area (Å²) in [4.78, 5) is 24.1. The van der Waals surface area contributed by atoms with E-state index in [0.717, 1.165) is 16.2 Å². The predicted octanol–water partition coefficient (Wildman–Crippen LogP) is 2.04. The molecule has 1 heterocycles. The molecule has 2 amide bonds. The molecule has 0 aliphatic heterocycles. The first-order valence-corrected chi connectivity index (χ1v) is 8.01. The highest BCUT2D eigenvalue weighted by atomic mass is 32.1. The van der Waals surface area contributed by atoms with Crippen molar-refractivity contribution in [1.82, 2.24) is 10.7 Å². The van der Waals surface area contributed by atoms with E-state index in [9.17, 15) is 9.59 Å². The van der Waals surface area contributed by atoms with E-state index >= 15 is 0 Å². The Labute approximate surface area is 143 Å². The zero-order valence-corrected chi connectivity index (χ0v) is 13.9. The van der Waals surface area contributed by atoms with E-state index < -0.39 is 5.91 Å². The van der Waals surface area contributed by atoms with Gasteiger partial charge in [0.15, 0.2) is 0 Å². The minimum atomic E-state index is -0.394. The van der Waals surface area contributed by atoms with Gasteiger partial charge in [-0.15, -0.1) is 11.3 Å². The molecule has 0 aliphatic rings. The Morgan fingerprint density at radius 1 is 1.25 bits per heavy atom. The molecule has 2 N–H and O–H groups in total. The molecular formula is C17H17N3O3S. The summed E-state index contributed by atoms with van der Waals surface area (Å²) in [6.45, 7) is -0.145. The Hall–Kier alpha value is -2.93. The highest BCUT2D eigenvalue weighted by Gasteiger charge is 2.01. The normalized spacial score (nSPS) is 10.9. The zero-order valence-electron chi connectivity index (χ0n) is 13.1. The summed E-state index contributed by atoms with van der Waals surface area (Å²) in [7, 11) is 1.59. The molecule has 2 aromatic rings. The van der Waals surface area contributed by atoms with E-state index in [-0.39, 0.29) is 12.5 Å². The highest BCUT2D eigenvalue weighted by Crippen LogP contribution is 2.12. The SMILES string of the molecule is COc1ccc(/C=C/C(=O)NCC(=O)NN=Cc2cccs2)cc1. The van der Waals surface area contributed by atoms with Crippen LogP contribution in [0.3, 0.4) is 0 Å². The van der Waals surface area contributed by atoms with Crippen LogP contribution in [0, 0.1) is 0 Å². The molecule has 7 heteroatoms. The first kappa shape index (κ1) is 17.4. The van der Waals surface area contributed by atoms with E-state index in [0.29, 0.717) is 0 Å². The van der Waals surface area contributed by atoms with Gasteiger partial charge in [0.05, 0.1) is 19.9 Å². The fourth-order valence-electron chi connectivity index (χ4n) is 1.69. The first-order valence-electron chi connectivity index (χ1n) is 7.13. The lowest BCUT2D eigenvalue weighted by Crippen LogP contribution is -2.33. The molecule has 0 saturated carbocycles. The molecule has 0 atom stereocenters. The summed E-state index contributed by atoms with van der Waals surface area (Å²) in [5, 5.41) is 8.21. The molecule has 6 nitrogen and oxygen atoms in total. The van der Waals surface area contributed by atoms with Gasteiger partial charge in [-0.2, -0.15) is 5.10 Å². The lowest BCUT2D eigenvalue weighted by atomic mass is 10.2. The fourth-order valence-corrected chi connectivity index (χ4v) is 2.27. The van der Waals surface area contributed by atoms with Crippen molar-refractivity contribution in [2.24, 2.45) is 5.10 Å². The lowest BCUT2D eigenvalue weighted by molar-refractivity contribution is -0.123. The van der Waals surface area contributed by atoms with Crippen LogP contribution in [0.4, 0.5) is 0 Å². The second kappa shape index (κ2) is 9.26. The van der Waals surface area contributed by atoms with Crippen molar-refractivity contribution in [3.63, 3.8) is 0 Å². The van der Waals surface area contributed by atoms with E-state index in [1.807, 2.05) is 29.6 Å². The molecule has 124 valence electrons. The number of methoxy groups -OCH3 is 1. The molecule has 1 aromatic heterocycles. The maximum atomic E-state index is 11.7. The lowest BCUT2D eigenvalue weighted by Gasteiger charge is -2.01. The number of nitrogens with zero attached hydrogens (tertiary/aromatic N) is 1. The molecule has 2 rings (SSSR count). The molecule has 0 spiro atoms. The van der Waals surface area contributed by atoms with E-state index in [1.165, 1.54) is 17.4 Å². The van der Waals surface area contributed by atoms with Crippen LogP contribution < -0.4 is 15.5 Å². The van der Waals surface area contributed by atoms with E-state index in [1.54, 1.807) is 31.5 Å². The fraction of sp³-hybridized carbons (Fsp3) is 0.118. The number of nitrogens with one attached hydrogen (secondary N) is 2. The molecule has 0 unspecified atom stereocenters.